The van der Waals surface area contributed by atoms with Crippen LogP contribution in [0.2, 0.25) is 0 Å². The Kier molecular flexibility index (Phi) is 5.49. The van der Waals surface area contributed by atoms with Crippen LogP contribution in [0, 0.1) is 5.92 Å². The molecule has 0 unspecified atom stereocenters. The number of hydrogen-bond acceptors (Lipinski definition) is 5. The molecule has 0 spiro atoms. The first kappa shape index (κ1) is 17.1. The van der Waals surface area contributed by atoms with Crippen molar-refractivity contribution in [1.82, 2.24) is 14.9 Å². The summed E-state index contributed by atoms with van der Waals surface area (Å²) in [4.78, 5) is 27.4. The van der Waals surface area contributed by atoms with Crippen molar-refractivity contribution in [3.05, 3.63) is 36.0 Å². The van der Waals surface area contributed by atoms with E-state index >= 15 is 0 Å². The Morgan fingerprint density at radius 1 is 1.43 bits per heavy atom. The Morgan fingerprint density at radius 3 is 2.74 bits per heavy atom. The van der Waals surface area contributed by atoms with Gasteiger partial charge in [-0.2, -0.15) is 0 Å². The zero-order chi connectivity index (χ0) is 17.0. The molecule has 1 amide bonds. The number of hydrogen-bond donors (Lipinski definition) is 2. The summed E-state index contributed by atoms with van der Waals surface area (Å²) in [7, 11) is 1.90. The number of carbonyl (C=O) groups is 2. The van der Waals surface area contributed by atoms with Crippen molar-refractivity contribution in [1.29, 1.82) is 0 Å². The highest BCUT2D eigenvalue weighted by Gasteiger charge is 2.25. The minimum atomic E-state index is -1.06. The van der Waals surface area contributed by atoms with E-state index in [0.29, 0.717) is 11.5 Å². The van der Waals surface area contributed by atoms with E-state index in [4.69, 9.17) is 9.52 Å². The third kappa shape index (κ3) is 4.38. The number of aryl methyl sites for hydroxylation is 1. The molecule has 0 aliphatic carbocycles. The summed E-state index contributed by atoms with van der Waals surface area (Å²) in [6.45, 7) is 3.46. The van der Waals surface area contributed by atoms with Gasteiger partial charge in [0, 0.05) is 19.4 Å². The summed E-state index contributed by atoms with van der Waals surface area (Å²) in [5.41, 5.74) is 0. The molecule has 2 rings (SSSR count). The molecule has 0 saturated heterocycles. The third-order valence-electron chi connectivity index (χ3n) is 3.23. The Balaban J connectivity index is 1.97. The van der Waals surface area contributed by atoms with Gasteiger partial charge in [-0.1, -0.05) is 25.6 Å². The van der Waals surface area contributed by atoms with E-state index in [0.717, 1.165) is 5.16 Å². The second-order valence-corrected chi connectivity index (χ2v) is 6.35. The summed E-state index contributed by atoms with van der Waals surface area (Å²) in [6.07, 6.45) is 3.56. The fourth-order valence-electron chi connectivity index (χ4n) is 1.93. The van der Waals surface area contributed by atoms with Crippen LogP contribution in [0.25, 0.3) is 0 Å². The molecule has 2 aromatic heterocycles. The molecule has 1 atom stereocenters. The highest BCUT2D eigenvalue weighted by atomic mass is 32.2. The molecule has 8 heteroatoms. The molecule has 0 saturated carbocycles. The van der Waals surface area contributed by atoms with Crippen molar-refractivity contribution in [3.8, 4) is 0 Å². The number of imidazole rings is 1. The smallest absolute Gasteiger partial charge is 0.326 e. The quantitative estimate of drug-likeness (QED) is 0.751. The normalized spacial score (nSPS) is 12.3. The van der Waals surface area contributed by atoms with Gasteiger partial charge in [0.05, 0.1) is 5.75 Å². The van der Waals surface area contributed by atoms with Gasteiger partial charge in [0.2, 0.25) is 0 Å². The number of amides is 1. The maximum Gasteiger partial charge on any atom is 0.326 e. The van der Waals surface area contributed by atoms with Gasteiger partial charge in [-0.3, -0.25) is 4.79 Å². The molecule has 2 aromatic rings. The van der Waals surface area contributed by atoms with Crippen LogP contribution in [0.3, 0.4) is 0 Å². The number of nitrogens with zero attached hydrogens (tertiary/aromatic N) is 2. The summed E-state index contributed by atoms with van der Waals surface area (Å²) >= 11 is 1.49. The molecular formula is C15H19N3O4S. The SMILES string of the molecule is CC(C)[C@@H](NC(=O)c1ccc(CSc2nccn2C)o1)C(=O)O. The molecule has 2 heterocycles. The maximum absolute atomic E-state index is 12.1. The average Bonchev–Trinajstić information content (AvgIpc) is 3.10. The second-order valence-electron chi connectivity index (χ2n) is 5.41. The number of carbonyl (C=O) groups excluding carboxylic acids is 1. The second kappa shape index (κ2) is 7.36. The Morgan fingerprint density at radius 2 is 2.17 bits per heavy atom. The van der Waals surface area contributed by atoms with E-state index in [1.807, 2.05) is 17.8 Å². The lowest BCUT2D eigenvalue weighted by Gasteiger charge is -2.16. The van der Waals surface area contributed by atoms with Crippen molar-refractivity contribution in [3.63, 3.8) is 0 Å². The van der Waals surface area contributed by atoms with Gasteiger partial charge in [0.15, 0.2) is 10.9 Å². The van der Waals surface area contributed by atoms with Crippen LogP contribution in [0.4, 0.5) is 0 Å². The zero-order valence-corrected chi connectivity index (χ0v) is 14.0. The Hall–Kier alpha value is -2.22. The molecule has 0 aliphatic rings. The number of aliphatic carboxylic acids is 1. The minimum absolute atomic E-state index is 0.104. The fraction of sp³-hybridized carbons (Fsp3) is 0.400. The highest BCUT2D eigenvalue weighted by Crippen LogP contribution is 2.22. The predicted octanol–water partition coefficient (Wildman–Crippen LogP) is 2.14. The van der Waals surface area contributed by atoms with Crippen LogP contribution < -0.4 is 5.32 Å². The van der Waals surface area contributed by atoms with Crippen LogP contribution in [0.1, 0.15) is 30.2 Å². The molecule has 0 aromatic carbocycles. The molecule has 23 heavy (non-hydrogen) atoms. The van der Waals surface area contributed by atoms with Crippen molar-refractivity contribution in [2.45, 2.75) is 30.8 Å². The zero-order valence-electron chi connectivity index (χ0n) is 13.1. The Bertz CT molecular complexity index is 692. The third-order valence-corrected chi connectivity index (χ3v) is 4.31. The van der Waals surface area contributed by atoms with Crippen molar-refractivity contribution in [2.75, 3.05) is 0 Å². The average molecular weight is 337 g/mol. The van der Waals surface area contributed by atoms with Crippen LogP contribution in [0.15, 0.2) is 34.1 Å². The van der Waals surface area contributed by atoms with Gasteiger partial charge in [-0.25, -0.2) is 9.78 Å². The van der Waals surface area contributed by atoms with Gasteiger partial charge >= 0.3 is 5.97 Å². The monoisotopic (exact) mass is 337 g/mol. The lowest BCUT2D eigenvalue weighted by molar-refractivity contribution is -0.140. The molecule has 0 aliphatic heterocycles. The highest BCUT2D eigenvalue weighted by molar-refractivity contribution is 7.98. The van der Waals surface area contributed by atoms with Crippen LogP contribution >= 0.6 is 11.8 Å². The van der Waals surface area contributed by atoms with E-state index in [1.165, 1.54) is 11.8 Å². The van der Waals surface area contributed by atoms with Gasteiger partial charge in [0.1, 0.15) is 11.8 Å². The number of rotatable bonds is 7. The van der Waals surface area contributed by atoms with E-state index in [9.17, 15) is 9.59 Å². The van der Waals surface area contributed by atoms with Crippen molar-refractivity contribution >= 4 is 23.6 Å². The van der Waals surface area contributed by atoms with Crippen LogP contribution in [-0.2, 0) is 17.6 Å². The van der Waals surface area contributed by atoms with Crippen molar-refractivity contribution < 1.29 is 19.1 Å². The lowest BCUT2D eigenvalue weighted by Crippen LogP contribution is -2.44. The first-order valence-electron chi connectivity index (χ1n) is 7.11. The van der Waals surface area contributed by atoms with E-state index < -0.39 is 17.9 Å². The largest absolute Gasteiger partial charge is 0.480 e. The maximum atomic E-state index is 12.1. The number of aromatic nitrogens is 2. The molecule has 0 radical (unpaired) electrons. The lowest BCUT2D eigenvalue weighted by atomic mass is 10.0. The van der Waals surface area contributed by atoms with Crippen molar-refractivity contribution in [2.24, 2.45) is 13.0 Å². The molecule has 124 valence electrons. The number of thioether (sulfide) groups is 1. The van der Waals surface area contributed by atoms with E-state index in [2.05, 4.69) is 10.3 Å². The molecule has 0 bridgehead atoms. The summed E-state index contributed by atoms with van der Waals surface area (Å²) in [5, 5.41) is 12.4. The number of furan rings is 1. The topological polar surface area (TPSA) is 97.4 Å². The summed E-state index contributed by atoms with van der Waals surface area (Å²) in [6, 6.07) is 2.30. The van der Waals surface area contributed by atoms with Gasteiger partial charge in [-0.05, 0) is 18.1 Å². The van der Waals surface area contributed by atoms with E-state index in [1.54, 1.807) is 32.2 Å². The standard InChI is InChI=1S/C15H19N3O4S/c1-9(2)12(14(20)21)17-13(19)11-5-4-10(22-11)8-23-15-16-6-7-18(15)3/h4-7,9,12H,8H2,1-3H3,(H,17,19)(H,20,21)/t12-/m1/s1. The molecule has 0 fully saturated rings. The molecule has 2 N–H and O–H groups in total. The molecule has 7 nitrogen and oxygen atoms in total. The molecular weight excluding hydrogens is 318 g/mol. The Labute approximate surface area is 138 Å². The van der Waals surface area contributed by atoms with Gasteiger partial charge in [-0.15, -0.1) is 0 Å². The number of carboxylic acid groups (broad SMARTS) is 1. The first-order valence-corrected chi connectivity index (χ1v) is 8.09. The minimum Gasteiger partial charge on any atom is -0.480 e. The van der Waals surface area contributed by atoms with Gasteiger partial charge in [0.25, 0.3) is 5.91 Å². The summed E-state index contributed by atoms with van der Waals surface area (Å²) < 4.78 is 7.37. The fourth-order valence-corrected chi connectivity index (χ4v) is 2.76. The number of carboxylic acids is 1. The predicted molar refractivity (Wildman–Crippen MR) is 85.2 cm³/mol. The summed E-state index contributed by atoms with van der Waals surface area (Å²) in [5.74, 6) is -0.549. The van der Waals surface area contributed by atoms with Crippen LogP contribution in [0.5, 0.6) is 0 Å². The van der Waals surface area contributed by atoms with Gasteiger partial charge < -0.3 is 19.4 Å². The first-order chi connectivity index (χ1) is 10.9. The van der Waals surface area contributed by atoms with Crippen LogP contribution in [-0.4, -0.2) is 32.6 Å². The van der Waals surface area contributed by atoms with E-state index in [-0.39, 0.29) is 11.7 Å². The number of nitrogens with one attached hydrogen (secondary N) is 1.